The largest absolute Gasteiger partial charge is 0.494 e. The van der Waals surface area contributed by atoms with Gasteiger partial charge < -0.3 is 4.74 Å². The van der Waals surface area contributed by atoms with Gasteiger partial charge in [-0.15, -0.1) is 0 Å². The molecular formula is C13H19BrO. The number of ether oxygens (including phenoxy) is 1. The molecule has 0 aliphatic rings. The van der Waals surface area contributed by atoms with Gasteiger partial charge >= 0.3 is 0 Å². The van der Waals surface area contributed by atoms with E-state index in [9.17, 15) is 0 Å². The fourth-order valence-corrected chi connectivity index (χ4v) is 1.53. The Morgan fingerprint density at radius 1 is 1.27 bits per heavy atom. The maximum atomic E-state index is 5.65. The third-order valence-corrected chi connectivity index (χ3v) is 2.81. The van der Waals surface area contributed by atoms with Crippen molar-refractivity contribution in [1.29, 1.82) is 0 Å². The van der Waals surface area contributed by atoms with Crippen molar-refractivity contribution in [2.24, 2.45) is 0 Å². The van der Waals surface area contributed by atoms with Crippen LogP contribution >= 0.6 is 15.9 Å². The van der Waals surface area contributed by atoms with Gasteiger partial charge in [0.1, 0.15) is 5.75 Å². The van der Waals surface area contributed by atoms with E-state index in [4.69, 9.17) is 4.74 Å². The van der Waals surface area contributed by atoms with Gasteiger partial charge in [-0.25, -0.2) is 0 Å². The first-order valence-electron chi connectivity index (χ1n) is 5.33. The van der Waals surface area contributed by atoms with E-state index >= 15 is 0 Å². The maximum absolute atomic E-state index is 5.65. The molecule has 1 aromatic rings. The maximum Gasteiger partial charge on any atom is 0.119 e. The molecule has 0 bridgehead atoms. The molecule has 0 aliphatic heterocycles. The molecule has 1 rings (SSSR count). The van der Waals surface area contributed by atoms with E-state index < -0.39 is 0 Å². The fraction of sp³-hybridized carbons (Fsp3) is 0.538. The summed E-state index contributed by atoms with van der Waals surface area (Å²) in [5.41, 5.74) is 1.51. The Morgan fingerprint density at radius 3 is 2.60 bits per heavy atom. The zero-order valence-electron chi connectivity index (χ0n) is 9.72. The van der Waals surface area contributed by atoms with E-state index in [1.165, 1.54) is 5.56 Å². The highest BCUT2D eigenvalue weighted by Gasteiger charge is 2.13. The smallest absolute Gasteiger partial charge is 0.119 e. The topological polar surface area (TPSA) is 9.23 Å². The molecule has 0 saturated heterocycles. The monoisotopic (exact) mass is 270 g/mol. The third kappa shape index (κ3) is 4.25. The lowest BCUT2D eigenvalue weighted by Crippen LogP contribution is -2.11. The zero-order valence-corrected chi connectivity index (χ0v) is 11.3. The average Bonchev–Trinajstić information content (AvgIpc) is 2.17. The molecule has 0 N–H and O–H groups in total. The highest BCUT2D eigenvalue weighted by Crippen LogP contribution is 2.25. The van der Waals surface area contributed by atoms with Crippen LogP contribution in [0.15, 0.2) is 24.3 Å². The Bertz CT molecular complexity index is 302. The molecule has 2 heteroatoms. The SMILES string of the molecule is CC(C)(C)c1cccc(OCCCBr)c1. The number of benzene rings is 1. The van der Waals surface area contributed by atoms with Crippen molar-refractivity contribution in [3.05, 3.63) is 29.8 Å². The standard InChI is InChI=1S/C13H19BrO/c1-13(2,3)11-6-4-7-12(10-11)15-9-5-8-14/h4,6-7,10H,5,8-9H2,1-3H3. The number of halogens is 1. The predicted octanol–water partition coefficient (Wildman–Crippen LogP) is 4.15. The molecule has 84 valence electrons. The second kappa shape index (κ2) is 5.55. The minimum atomic E-state index is 0.189. The number of rotatable bonds is 4. The number of hydrogen-bond donors (Lipinski definition) is 0. The summed E-state index contributed by atoms with van der Waals surface area (Å²) in [7, 11) is 0. The van der Waals surface area contributed by atoms with Gasteiger partial charge in [0.05, 0.1) is 6.61 Å². The molecule has 0 fully saturated rings. The Kier molecular flexibility index (Phi) is 4.65. The summed E-state index contributed by atoms with van der Waals surface area (Å²) in [5.74, 6) is 0.975. The molecule has 0 radical (unpaired) electrons. The molecule has 0 saturated carbocycles. The summed E-state index contributed by atoms with van der Waals surface area (Å²) < 4.78 is 5.65. The molecule has 0 spiro atoms. The highest BCUT2D eigenvalue weighted by atomic mass is 79.9. The van der Waals surface area contributed by atoms with Crippen LogP contribution in [0.4, 0.5) is 0 Å². The quantitative estimate of drug-likeness (QED) is 0.590. The van der Waals surface area contributed by atoms with Crippen LogP contribution in [0.1, 0.15) is 32.8 Å². The lowest BCUT2D eigenvalue weighted by atomic mass is 9.87. The zero-order chi connectivity index (χ0) is 11.3. The van der Waals surface area contributed by atoms with Crippen LogP contribution < -0.4 is 4.74 Å². The van der Waals surface area contributed by atoms with Gasteiger partial charge in [0.25, 0.3) is 0 Å². The van der Waals surface area contributed by atoms with E-state index in [2.05, 4.69) is 54.9 Å². The molecular weight excluding hydrogens is 252 g/mol. The normalized spacial score (nSPS) is 11.5. The summed E-state index contributed by atoms with van der Waals surface area (Å²) in [6.07, 6.45) is 1.04. The first-order chi connectivity index (χ1) is 7.04. The van der Waals surface area contributed by atoms with Crippen molar-refractivity contribution < 1.29 is 4.74 Å². The van der Waals surface area contributed by atoms with Crippen LogP contribution in [0.25, 0.3) is 0 Å². The van der Waals surface area contributed by atoms with Gasteiger partial charge in [-0.3, -0.25) is 0 Å². The first kappa shape index (κ1) is 12.6. The van der Waals surface area contributed by atoms with E-state index in [1.807, 2.05) is 6.07 Å². The molecule has 0 amide bonds. The fourth-order valence-electron chi connectivity index (χ4n) is 1.30. The van der Waals surface area contributed by atoms with Crippen molar-refractivity contribution in [2.75, 3.05) is 11.9 Å². The van der Waals surface area contributed by atoms with E-state index in [-0.39, 0.29) is 5.41 Å². The van der Waals surface area contributed by atoms with E-state index in [0.717, 1.165) is 24.1 Å². The van der Waals surface area contributed by atoms with Crippen molar-refractivity contribution >= 4 is 15.9 Å². The van der Waals surface area contributed by atoms with Crippen LogP contribution in [0.5, 0.6) is 5.75 Å². The minimum absolute atomic E-state index is 0.189. The first-order valence-corrected chi connectivity index (χ1v) is 6.45. The van der Waals surface area contributed by atoms with Crippen molar-refractivity contribution in [3.63, 3.8) is 0 Å². The average molecular weight is 271 g/mol. The molecule has 1 nitrogen and oxygen atoms in total. The van der Waals surface area contributed by atoms with Gasteiger partial charge in [-0.1, -0.05) is 48.8 Å². The number of hydrogen-bond acceptors (Lipinski definition) is 1. The number of alkyl halides is 1. The van der Waals surface area contributed by atoms with Gasteiger partial charge in [-0.2, -0.15) is 0 Å². The Morgan fingerprint density at radius 2 is 2.00 bits per heavy atom. The van der Waals surface area contributed by atoms with Gasteiger partial charge in [0, 0.05) is 5.33 Å². The van der Waals surface area contributed by atoms with Crippen LogP contribution in [0.2, 0.25) is 0 Å². The summed E-state index contributed by atoms with van der Waals surface area (Å²) in [6.45, 7) is 7.42. The molecule has 0 heterocycles. The summed E-state index contributed by atoms with van der Waals surface area (Å²) in [6, 6.07) is 8.36. The molecule has 1 aromatic carbocycles. The van der Waals surface area contributed by atoms with Gasteiger partial charge in [0.2, 0.25) is 0 Å². The Hall–Kier alpha value is -0.500. The minimum Gasteiger partial charge on any atom is -0.494 e. The van der Waals surface area contributed by atoms with Crippen LogP contribution in [-0.4, -0.2) is 11.9 Å². The summed E-state index contributed by atoms with van der Waals surface area (Å²) >= 11 is 3.39. The third-order valence-electron chi connectivity index (χ3n) is 2.25. The predicted molar refractivity (Wildman–Crippen MR) is 69.0 cm³/mol. The molecule has 0 atom stereocenters. The van der Waals surface area contributed by atoms with E-state index in [1.54, 1.807) is 0 Å². The second-order valence-corrected chi connectivity index (χ2v) is 5.46. The van der Waals surface area contributed by atoms with Gasteiger partial charge in [0.15, 0.2) is 0 Å². The van der Waals surface area contributed by atoms with Crippen molar-refractivity contribution in [2.45, 2.75) is 32.6 Å². The van der Waals surface area contributed by atoms with Gasteiger partial charge in [-0.05, 0) is 29.5 Å². The Labute approximate surface area is 101 Å². The second-order valence-electron chi connectivity index (χ2n) is 4.67. The highest BCUT2D eigenvalue weighted by molar-refractivity contribution is 9.09. The lowest BCUT2D eigenvalue weighted by molar-refractivity contribution is 0.318. The lowest BCUT2D eigenvalue weighted by Gasteiger charge is -2.19. The van der Waals surface area contributed by atoms with E-state index in [0.29, 0.717) is 0 Å². The van der Waals surface area contributed by atoms with Crippen molar-refractivity contribution in [3.8, 4) is 5.75 Å². The molecule has 0 aromatic heterocycles. The van der Waals surface area contributed by atoms with Crippen LogP contribution in [0, 0.1) is 0 Å². The molecule has 15 heavy (non-hydrogen) atoms. The Balaban J connectivity index is 2.66. The van der Waals surface area contributed by atoms with Crippen molar-refractivity contribution in [1.82, 2.24) is 0 Å². The van der Waals surface area contributed by atoms with Crippen LogP contribution in [-0.2, 0) is 5.41 Å². The summed E-state index contributed by atoms with van der Waals surface area (Å²) in [5, 5.41) is 0.992. The molecule has 0 aliphatic carbocycles. The van der Waals surface area contributed by atoms with Crippen LogP contribution in [0.3, 0.4) is 0 Å². The molecule has 0 unspecified atom stereocenters. The summed E-state index contributed by atoms with van der Waals surface area (Å²) in [4.78, 5) is 0.